The molecule has 0 fully saturated rings. The number of cyclic esters (lactones) is 1. The minimum Gasteiger partial charge on any atom is -0.456 e. The van der Waals surface area contributed by atoms with Gasteiger partial charge in [0.25, 0.3) is 0 Å². The van der Waals surface area contributed by atoms with Crippen LogP contribution in [0, 0.1) is 12.7 Å². The van der Waals surface area contributed by atoms with Crippen molar-refractivity contribution in [2.24, 2.45) is 0 Å². The Labute approximate surface area is 144 Å². The van der Waals surface area contributed by atoms with E-state index in [1.54, 1.807) is 0 Å². The van der Waals surface area contributed by atoms with Gasteiger partial charge in [0.2, 0.25) is 5.91 Å². The number of hydrogen-bond acceptors (Lipinski definition) is 3. The van der Waals surface area contributed by atoms with Crippen molar-refractivity contribution in [2.75, 3.05) is 11.5 Å². The molecule has 1 amide bonds. The number of halogens is 1. The van der Waals surface area contributed by atoms with Gasteiger partial charge in [-0.05, 0) is 36.8 Å². The Balaban J connectivity index is 1.81. The monoisotopic (exact) mass is 337 g/mol. The summed E-state index contributed by atoms with van der Waals surface area (Å²) in [6.45, 7) is 2.04. The van der Waals surface area contributed by atoms with Crippen molar-refractivity contribution in [3.63, 3.8) is 0 Å². The number of amides is 1. The fourth-order valence-electron chi connectivity index (χ4n) is 3.43. The maximum absolute atomic E-state index is 13.2. The van der Waals surface area contributed by atoms with Crippen LogP contribution in [0.25, 0.3) is 0 Å². The first-order valence-electron chi connectivity index (χ1n) is 8.10. The summed E-state index contributed by atoms with van der Waals surface area (Å²) in [6, 6.07) is 13.5. The van der Waals surface area contributed by atoms with E-state index in [9.17, 15) is 14.0 Å². The summed E-state index contributed by atoms with van der Waals surface area (Å²) in [7, 11) is 0. The number of carbonyl (C=O) groups excluding carboxylic acids is 2. The second-order valence-electron chi connectivity index (χ2n) is 6.31. The van der Waals surface area contributed by atoms with E-state index >= 15 is 0 Å². The average molecular weight is 337 g/mol. The van der Waals surface area contributed by atoms with E-state index in [0.29, 0.717) is 17.0 Å². The number of ether oxygens (including phenoxy) is 1. The molecule has 2 aliphatic rings. The third-order valence-corrected chi connectivity index (χ3v) is 4.68. The van der Waals surface area contributed by atoms with Gasteiger partial charge in [-0.2, -0.15) is 0 Å². The fraction of sp³-hybridized carbons (Fsp3) is 0.200. The lowest BCUT2D eigenvalue weighted by atomic mass is 9.84. The summed E-state index contributed by atoms with van der Waals surface area (Å²) < 4.78 is 18.4. The van der Waals surface area contributed by atoms with E-state index in [1.807, 2.05) is 31.2 Å². The molecule has 4 nitrogen and oxygen atoms in total. The van der Waals surface area contributed by atoms with Gasteiger partial charge in [0.1, 0.15) is 12.4 Å². The van der Waals surface area contributed by atoms with Gasteiger partial charge in [-0.1, -0.05) is 29.8 Å². The molecule has 1 atom stereocenters. The highest BCUT2D eigenvalue weighted by Crippen LogP contribution is 2.41. The summed E-state index contributed by atoms with van der Waals surface area (Å²) in [6.07, 6.45) is 0.175. The Morgan fingerprint density at radius 3 is 2.40 bits per heavy atom. The molecule has 0 aromatic heterocycles. The van der Waals surface area contributed by atoms with Crippen molar-refractivity contribution in [2.45, 2.75) is 19.3 Å². The molecule has 2 heterocycles. The second kappa shape index (κ2) is 5.84. The van der Waals surface area contributed by atoms with Gasteiger partial charge in [-0.25, -0.2) is 9.18 Å². The number of anilines is 1. The van der Waals surface area contributed by atoms with Crippen molar-refractivity contribution in [1.82, 2.24) is 0 Å². The molecule has 0 spiro atoms. The van der Waals surface area contributed by atoms with Gasteiger partial charge in [-0.3, -0.25) is 9.69 Å². The lowest BCUT2D eigenvalue weighted by Crippen LogP contribution is -2.37. The molecule has 0 saturated carbocycles. The lowest BCUT2D eigenvalue weighted by Gasteiger charge is -2.31. The summed E-state index contributed by atoms with van der Waals surface area (Å²) in [5.41, 5.74) is 3.65. The lowest BCUT2D eigenvalue weighted by molar-refractivity contribution is -0.136. The Bertz CT molecular complexity index is 884. The van der Waals surface area contributed by atoms with Crippen molar-refractivity contribution in [3.05, 3.63) is 76.7 Å². The first kappa shape index (κ1) is 15.6. The molecule has 1 unspecified atom stereocenters. The molecule has 0 N–H and O–H groups in total. The van der Waals surface area contributed by atoms with E-state index in [4.69, 9.17) is 4.74 Å². The topological polar surface area (TPSA) is 46.6 Å². The Morgan fingerprint density at radius 2 is 1.72 bits per heavy atom. The van der Waals surface area contributed by atoms with E-state index < -0.39 is 0 Å². The van der Waals surface area contributed by atoms with Crippen molar-refractivity contribution < 1.29 is 18.7 Å². The van der Waals surface area contributed by atoms with E-state index in [0.717, 1.165) is 11.1 Å². The molecule has 2 aliphatic heterocycles. The highest BCUT2D eigenvalue weighted by Gasteiger charge is 2.42. The molecule has 0 bridgehead atoms. The average Bonchev–Trinajstić information content (AvgIpc) is 2.98. The molecule has 2 aromatic carbocycles. The third kappa shape index (κ3) is 2.61. The molecule has 2 aromatic rings. The van der Waals surface area contributed by atoms with E-state index in [1.165, 1.54) is 29.2 Å². The smallest absolute Gasteiger partial charge is 0.336 e. The number of aryl methyl sites for hydroxylation is 1. The van der Waals surface area contributed by atoms with Gasteiger partial charge < -0.3 is 4.74 Å². The van der Waals surface area contributed by atoms with Gasteiger partial charge in [0, 0.05) is 18.0 Å². The number of esters is 1. The maximum Gasteiger partial charge on any atom is 0.336 e. The van der Waals surface area contributed by atoms with Crippen LogP contribution in [0.2, 0.25) is 0 Å². The van der Waals surface area contributed by atoms with Crippen molar-refractivity contribution in [1.29, 1.82) is 0 Å². The van der Waals surface area contributed by atoms with Gasteiger partial charge in [0.05, 0.1) is 11.3 Å². The molecular weight excluding hydrogens is 321 g/mol. The van der Waals surface area contributed by atoms with E-state index in [-0.39, 0.29) is 36.6 Å². The number of nitrogens with zero attached hydrogens (tertiary/aromatic N) is 1. The Morgan fingerprint density at radius 1 is 1.04 bits per heavy atom. The molecule has 25 heavy (non-hydrogen) atoms. The maximum atomic E-state index is 13.2. The van der Waals surface area contributed by atoms with Crippen molar-refractivity contribution >= 4 is 17.6 Å². The number of carbonyl (C=O) groups is 2. The largest absolute Gasteiger partial charge is 0.456 e. The van der Waals surface area contributed by atoms with Gasteiger partial charge in [0.15, 0.2) is 0 Å². The predicted molar refractivity (Wildman–Crippen MR) is 90.4 cm³/mol. The Hall–Kier alpha value is -2.95. The minimum absolute atomic E-state index is 0.0552. The zero-order chi connectivity index (χ0) is 17.6. The van der Waals surface area contributed by atoms with Crippen LogP contribution in [0.5, 0.6) is 0 Å². The molecular formula is C20H16FNO3. The van der Waals surface area contributed by atoms with Crippen LogP contribution in [0.4, 0.5) is 10.1 Å². The van der Waals surface area contributed by atoms with Crippen molar-refractivity contribution in [3.8, 4) is 0 Å². The summed E-state index contributed by atoms with van der Waals surface area (Å²) in [5, 5.41) is 0. The molecule has 4 rings (SSSR count). The summed E-state index contributed by atoms with van der Waals surface area (Å²) in [5.74, 6) is -1.21. The Kier molecular flexibility index (Phi) is 3.64. The number of hydrogen-bond donors (Lipinski definition) is 0. The quantitative estimate of drug-likeness (QED) is 0.789. The van der Waals surface area contributed by atoms with Crippen LogP contribution >= 0.6 is 0 Å². The van der Waals surface area contributed by atoms with Crippen LogP contribution in [-0.4, -0.2) is 18.5 Å². The number of benzene rings is 2. The third-order valence-electron chi connectivity index (χ3n) is 4.68. The molecule has 0 saturated heterocycles. The highest BCUT2D eigenvalue weighted by atomic mass is 19.1. The first-order valence-corrected chi connectivity index (χ1v) is 8.10. The predicted octanol–water partition coefficient (Wildman–Crippen LogP) is 3.47. The fourth-order valence-corrected chi connectivity index (χ4v) is 3.43. The summed E-state index contributed by atoms with van der Waals surface area (Å²) in [4.78, 5) is 26.6. The SMILES string of the molecule is Cc1ccc(C2CC(=O)N(c3ccc(F)cc3)C3=C2C(=O)OC3)cc1. The minimum atomic E-state index is -0.389. The van der Waals surface area contributed by atoms with Gasteiger partial charge in [-0.15, -0.1) is 0 Å². The standard InChI is InChI=1S/C20H16FNO3/c1-12-2-4-13(5-3-12)16-10-18(23)22(15-8-6-14(21)7-9-15)17-11-25-20(24)19(16)17/h2-9,16H,10-11H2,1H3. The molecule has 5 heteroatoms. The van der Waals surface area contributed by atoms with Crippen LogP contribution < -0.4 is 4.90 Å². The second-order valence-corrected chi connectivity index (χ2v) is 6.31. The number of rotatable bonds is 2. The van der Waals surface area contributed by atoms with Crippen LogP contribution in [0.1, 0.15) is 23.5 Å². The summed E-state index contributed by atoms with van der Waals surface area (Å²) >= 11 is 0. The zero-order valence-electron chi connectivity index (χ0n) is 13.7. The molecule has 0 aliphatic carbocycles. The normalized spacial score (nSPS) is 19.9. The highest BCUT2D eigenvalue weighted by molar-refractivity contribution is 6.06. The van der Waals surface area contributed by atoms with Crippen LogP contribution in [0.3, 0.4) is 0 Å². The van der Waals surface area contributed by atoms with E-state index in [2.05, 4.69) is 0 Å². The first-order chi connectivity index (χ1) is 12.0. The van der Waals surface area contributed by atoms with Crippen LogP contribution in [0.15, 0.2) is 59.8 Å². The van der Waals surface area contributed by atoms with Gasteiger partial charge >= 0.3 is 5.97 Å². The molecule has 126 valence electrons. The van der Waals surface area contributed by atoms with Crippen LogP contribution in [-0.2, 0) is 14.3 Å². The zero-order valence-corrected chi connectivity index (χ0v) is 13.7. The molecule has 0 radical (unpaired) electrons.